The van der Waals surface area contributed by atoms with Crippen LogP contribution in [0.2, 0.25) is 0 Å². The monoisotopic (exact) mass is 263 g/mol. The Labute approximate surface area is 107 Å². The molecular formula is C12H25NO3S. The Bertz CT molecular complexity index is 297. The molecular weight excluding hydrogens is 238 g/mol. The highest BCUT2D eigenvalue weighted by molar-refractivity contribution is 7.84. The van der Waals surface area contributed by atoms with Gasteiger partial charge in [0.25, 0.3) is 0 Å². The summed E-state index contributed by atoms with van der Waals surface area (Å²) in [4.78, 5) is 11.4. The summed E-state index contributed by atoms with van der Waals surface area (Å²) in [5.74, 6) is -0.118. The van der Waals surface area contributed by atoms with E-state index in [1.54, 1.807) is 0 Å². The van der Waals surface area contributed by atoms with E-state index in [0.717, 1.165) is 0 Å². The van der Waals surface area contributed by atoms with Crippen LogP contribution in [0.25, 0.3) is 0 Å². The lowest BCUT2D eigenvalue weighted by Gasteiger charge is -2.35. The van der Waals surface area contributed by atoms with Gasteiger partial charge in [-0.15, -0.1) is 0 Å². The molecule has 0 aliphatic carbocycles. The third kappa shape index (κ3) is 5.17. The van der Waals surface area contributed by atoms with E-state index < -0.39 is 16.5 Å². The first-order chi connectivity index (χ1) is 7.53. The van der Waals surface area contributed by atoms with Crippen molar-refractivity contribution in [1.29, 1.82) is 0 Å². The zero-order valence-corrected chi connectivity index (χ0v) is 12.7. The van der Waals surface area contributed by atoms with Gasteiger partial charge in [0.05, 0.1) is 29.3 Å². The maximum atomic E-state index is 12.1. The fourth-order valence-electron chi connectivity index (χ4n) is 1.09. The molecule has 0 aliphatic heterocycles. The number of methoxy groups -OCH3 is 1. The Balaban J connectivity index is 4.86. The molecule has 4 nitrogen and oxygen atoms in total. The van der Waals surface area contributed by atoms with Gasteiger partial charge in [0.2, 0.25) is 0 Å². The fraction of sp³-hybridized carbons (Fsp3) is 0.917. The predicted octanol–water partition coefficient (Wildman–Crippen LogP) is 2.02. The molecule has 2 atom stereocenters. The van der Waals surface area contributed by atoms with E-state index in [1.807, 2.05) is 41.5 Å². The molecule has 0 bridgehead atoms. The highest BCUT2D eigenvalue weighted by Crippen LogP contribution is 2.24. The predicted molar refractivity (Wildman–Crippen MR) is 70.9 cm³/mol. The van der Waals surface area contributed by atoms with Gasteiger partial charge >= 0.3 is 5.97 Å². The fourth-order valence-corrected chi connectivity index (χ4v) is 2.13. The molecule has 0 saturated heterocycles. The summed E-state index contributed by atoms with van der Waals surface area (Å²) in [6.45, 7) is 11.6. The van der Waals surface area contributed by atoms with E-state index in [0.29, 0.717) is 0 Å². The van der Waals surface area contributed by atoms with Crippen molar-refractivity contribution in [2.75, 3.05) is 7.11 Å². The SMILES string of the molecule is COC(=O)C[C@](C)(NS(=O)C(C)(C)C)C(C)C. The van der Waals surface area contributed by atoms with Crippen molar-refractivity contribution in [3.63, 3.8) is 0 Å². The standard InChI is InChI=1S/C12H25NO3S/c1-9(2)12(6,8-10(14)16-7)13-17(15)11(3,4)5/h9,13H,8H2,1-7H3/t12-,17?/m0/s1. The van der Waals surface area contributed by atoms with Gasteiger partial charge in [-0.05, 0) is 33.6 Å². The van der Waals surface area contributed by atoms with Crippen LogP contribution in [0.1, 0.15) is 48.0 Å². The van der Waals surface area contributed by atoms with Crippen molar-refractivity contribution in [1.82, 2.24) is 4.72 Å². The second kappa shape index (κ2) is 5.96. The lowest BCUT2D eigenvalue weighted by Crippen LogP contribution is -2.52. The quantitative estimate of drug-likeness (QED) is 0.772. The van der Waals surface area contributed by atoms with Crippen molar-refractivity contribution in [2.45, 2.75) is 58.2 Å². The number of carbonyl (C=O) groups is 1. The zero-order valence-electron chi connectivity index (χ0n) is 11.9. The summed E-state index contributed by atoms with van der Waals surface area (Å²) < 4.78 is 19.5. The number of hydrogen-bond acceptors (Lipinski definition) is 3. The molecule has 0 fully saturated rings. The van der Waals surface area contributed by atoms with Crippen LogP contribution < -0.4 is 4.72 Å². The van der Waals surface area contributed by atoms with Crippen molar-refractivity contribution in [2.24, 2.45) is 5.92 Å². The first-order valence-electron chi connectivity index (χ1n) is 5.79. The van der Waals surface area contributed by atoms with Gasteiger partial charge < -0.3 is 4.74 Å². The van der Waals surface area contributed by atoms with Crippen LogP contribution in [-0.4, -0.2) is 27.6 Å². The largest absolute Gasteiger partial charge is 0.469 e. The molecule has 0 rings (SSSR count). The average Bonchev–Trinajstić information content (AvgIpc) is 2.15. The lowest BCUT2D eigenvalue weighted by molar-refractivity contribution is -0.142. The number of hydrogen-bond donors (Lipinski definition) is 1. The van der Waals surface area contributed by atoms with E-state index in [1.165, 1.54) is 7.11 Å². The van der Waals surface area contributed by atoms with Gasteiger partial charge in [-0.2, -0.15) is 0 Å². The van der Waals surface area contributed by atoms with Crippen molar-refractivity contribution >= 4 is 17.0 Å². The third-order valence-electron chi connectivity index (χ3n) is 2.90. The molecule has 17 heavy (non-hydrogen) atoms. The molecule has 0 amide bonds. The van der Waals surface area contributed by atoms with Gasteiger partial charge in [0, 0.05) is 5.54 Å². The van der Waals surface area contributed by atoms with Crippen LogP contribution in [0.4, 0.5) is 0 Å². The van der Waals surface area contributed by atoms with Crippen LogP contribution >= 0.6 is 0 Å². The molecule has 0 saturated carbocycles. The maximum Gasteiger partial charge on any atom is 0.307 e. The highest BCUT2D eigenvalue weighted by atomic mass is 32.2. The number of carbonyl (C=O) groups excluding carboxylic acids is 1. The first-order valence-corrected chi connectivity index (χ1v) is 6.94. The van der Waals surface area contributed by atoms with E-state index in [-0.39, 0.29) is 23.1 Å². The average molecular weight is 263 g/mol. The zero-order chi connectivity index (χ0) is 13.9. The van der Waals surface area contributed by atoms with Gasteiger partial charge in [-0.1, -0.05) is 13.8 Å². The number of nitrogens with one attached hydrogen (secondary N) is 1. The van der Waals surface area contributed by atoms with Crippen molar-refractivity contribution < 1.29 is 13.7 Å². The summed E-state index contributed by atoms with van der Waals surface area (Å²) in [6, 6.07) is 0. The molecule has 0 radical (unpaired) electrons. The Morgan fingerprint density at radius 3 is 2.06 bits per heavy atom. The van der Waals surface area contributed by atoms with E-state index in [2.05, 4.69) is 9.46 Å². The molecule has 0 aromatic heterocycles. The summed E-state index contributed by atoms with van der Waals surface area (Å²) >= 11 is 0. The number of ether oxygens (including phenoxy) is 1. The number of rotatable bonds is 5. The van der Waals surface area contributed by atoms with Crippen LogP contribution in [0, 0.1) is 5.92 Å². The molecule has 0 aromatic rings. The molecule has 102 valence electrons. The van der Waals surface area contributed by atoms with E-state index in [9.17, 15) is 9.00 Å². The van der Waals surface area contributed by atoms with E-state index >= 15 is 0 Å². The minimum absolute atomic E-state index is 0.174. The Kier molecular flexibility index (Phi) is 5.81. The number of esters is 1. The third-order valence-corrected chi connectivity index (χ3v) is 4.66. The smallest absolute Gasteiger partial charge is 0.307 e. The Hall–Kier alpha value is -0.420. The molecule has 1 N–H and O–H groups in total. The Morgan fingerprint density at radius 2 is 1.76 bits per heavy atom. The first kappa shape index (κ1) is 16.6. The maximum absolute atomic E-state index is 12.1. The van der Waals surface area contributed by atoms with Gasteiger partial charge in [0.15, 0.2) is 0 Å². The second-order valence-corrected chi connectivity index (χ2v) is 7.77. The van der Waals surface area contributed by atoms with E-state index in [4.69, 9.17) is 0 Å². The molecule has 1 unspecified atom stereocenters. The van der Waals surface area contributed by atoms with Crippen LogP contribution in [0.15, 0.2) is 0 Å². The van der Waals surface area contributed by atoms with Crippen LogP contribution in [0.3, 0.4) is 0 Å². The van der Waals surface area contributed by atoms with Crippen molar-refractivity contribution in [3.8, 4) is 0 Å². The summed E-state index contributed by atoms with van der Waals surface area (Å²) in [5, 5.41) is 0. The second-order valence-electron chi connectivity index (χ2n) is 5.81. The molecule has 0 aliphatic rings. The topological polar surface area (TPSA) is 55.4 Å². The molecule has 0 heterocycles. The molecule has 0 aromatic carbocycles. The van der Waals surface area contributed by atoms with Crippen molar-refractivity contribution in [3.05, 3.63) is 0 Å². The normalized spacial score (nSPS) is 17.6. The summed E-state index contributed by atoms with van der Waals surface area (Å²) in [5.41, 5.74) is -0.523. The Morgan fingerprint density at radius 1 is 1.29 bits per heavy atom. The summed E-state index contributed by atoms with van der Waals surface area (Å²) in [6.07, 6.45) is 0.211. The van der Waals surface area contributed by atoms with Gasteiger partial charge in [0.1, 0.15) is 0 Å². The summed E-state index contributed by atoms with van der Waals surface area (Å²) in [7, 11) is 0.161. The molecule has 5 heteroatoms. The minimum Gasteiger partial charge on any atom is -0.469 e. The molecule has 0 spiro atoms. The van der Waals surface area contributed by atoms with Crippen LogP contribution in [-0.2, 0) is 20.5 Å². The van der Waals surface area contributed by atoms with Crippen LogP contribution in [0.5, 0.6) is 0 Å². The lowest BCUT2D eigenvalue weighted by atomic mass is 9.86. The van der Waals surface area contributed by atoms with Gasteiger partial charge in [-0.25, -0.2) is 8.93 Å². The minimum atomic E-state index is -1.20. The van der Waals surface area contributed by atoms with Gasteiger partial charge in [-0.3, -0.25) is 4.79 Å². The highest BCUT2D eigenvalue weighted by Gasteiger charge is 2.35.